The fraction of sp³-hybridized carbons (Fsp3) is 0.294. The Labute approximate surface area is 147 Å². The van der Waals surface area contributed by atoms with Gasteiger partial charge >= 0.3 is 0 Å². The summed E-state index contributed by atoms with van der Waals surface area (Å²) in [6.07, 6.45) is 4.68. The molecule has 2 heterocycles. The quantitative estimate of drug-likeness (QED) is 0.341. The Morgan fingerprint density at radius 1 is 1.13 bits per heavy atom. The van der Waals surface area contributed by atoms with Crippen LogP contribution in [0.2, 0.25) is 5.15 Å². The molecule has 0 amide bonds. The predicted octanol–water partition coefficient (Wildman–Crippen LogP) is 5.65. The number of thioether (sulfide) groups is 1. The molecule has 1 aromatic carbocycles. The molecule has 0 saturated carbocycles. The van der Waals surface area contributed by atoms with E-state index in [2.05, 4.69) is 9.97 Å². The van der Waals surface area contributed by atoms with Crippen LogP contribution in [-0.2, 0) is 18.6 Å². The van der Waals surface area contributed by atoms with E-state index in [0.29, 0.717) is 16.1 Å². The molecule has 2 nitrogen and oxygen atoms in total. The minimum atomic E-state index is -0.219. The lowest BCUT2D eigenvalue weighted by atomic mass is 9.97. The van der Waals surface area contributed by atoms with Crippen molar-refractivity contribution in [3.05, 3.63) is 51.2 Å². The molecule has 0 atom stereocenters. The molecule has 1 aliphatic carbocycles. The molecule has 4 rings (SSSR count). The van der Waals surface area contributed by atoms with E-state index in [9.17, 15) is 4.39 Å². The number of aryl methyl sites for hydroxylation is 2. The van der Waals surface area contributed by atoms with Crippen LogP contribution in [0.25, 0.3) is 10.2 Å². The molecule has 0 bridgehead atoms. The SMILES string of the molecule is Fc1ccc(CSc2nc(Cl)c3c4c(sc3n2)CCCC4)cc1. The van der Waals surface area contributed by atoms with Crippen molar-refractivity contribution in [2.75, 3.05) is 0 Å². The van der Waals surface area contributed by atoms with E-state index in [1.165, 1.54) is 47.2 Å². The van der Waals surface area contributed by atoms with Gasteiger partial charge in [-0.25, -0.2) is 14.4 Å². The zero-order chi connectivity index (χ0) is 15.8. The monoisotopic (exact) mass is 364 g/mol. The van der Waals surface area contributed by atoms with Crippen LogP contribution in [0, 0.1) is 5.82 Å². The van der Waals surface area contributed by atoms with Crippen LogP contribution in [0.5, 0.6) is 0 Å². The van der Waals surface area contributed by atoms with Gasteiger partial charge in [0.15, 0.2) is 5.16 Å². The number of fused-ring (bicyclic) bond motifs is 3. The highest BCUT2D eigenvalue weighted by atomic mass is 35.5. The maximum atomic E-state index is 12.9. The molecule has 0 spiro atoms. The first kappa shape index (κ1) is 15.4. The summed E-state index contributed by atoms with van der Waals surface area (Å²) in [5.74, 6) is 0.483. The average Bonchev–Trinajstić information content (AvgIpc) is 2.93. The van der Waals surface area contributed by atoms with E-state index in [1.54, 1.807) is 23.5 Å². The van der Waals surface area contributed by atoms with Gasteiger partial charge in [0.1, 0.15) is 15.8 Å². The second-order valence-electron chi connectivity index (χ2n) is 5.60. The minimum absolute atomic E-state index is 0.219. The first-order valence-corrected chi connectivity index (χ1v) is 9.74. The Balaban J connectivity index is 1.62. The number of halogens is 2. The number of benzene rings is 1. The van der Waals surface area contributed by atoms with Crippen LogP contribution in [-0.4, -0.2) is 9.97 Å². The molecule has 118 valence electrons. The predicted molar refractivity (Wildman–Crippen MR) is 95.0 cm³/mol. The molecule has 0 fully saturated rings. The van der Waals surface area contributed by atoms with E-state index in [1.807, 2.05) is 0 Å². The van der Waals surface area contributed by atoms with Crippen LogP contribution in [0.3, 0.4) is 0 Å². The van der Waals surface area contributed by atoms with E-state index >= 15 is 0 Å². The average molecular weight is 365 g/mol. The summed E-state index contributed by atoms with van der Waals surface area (Å²) >= 11 is 9.72. The lowest BCUT2D eigenvalue weighted by Gasteiger charge is -2.10. The maximum absolute atomic E-state index is 12.9. The van der Waals surface area contributed by atoms with Crippen LogP contribution in [0.4, 0.5) is 4.39 Å². The summed E-state index contributed by atoms with van der Waals surface area (Å²) in [5.41, 5.74) is 2.40. The fourth-order valence-electron chi connectivity index (χ4n) is 2.89. The molecule has 1 aliphatic rings. The summed E-state index contributed by atoms with van der Waals surface area (Å²) in [7, 11) is 0. The van der Waals surface area contributed by atoms with Gasteiger partial charge in [-0.3, -0.25) is 0 Å². The first-order valence-electron chi connectivity index (χ1n) is 7.56. The van der Waals surface area contributed by atoms with Gasteiger partial charge in [-0.2, -0.15) is 0 Å². The topological polar surface area (TPSA) is 25.8 Å². The lowest BCUT2D eigenvalue weighted by Crippen LogP contribution is -1.98. The van der Waals surface area contributed by atoms with Crippen molar-refractivity contribution >= 4 is 44.9 Å². The third-order valence-corrected chi connectivity index (χ3v) is 6.41. The molecule has 23 heavy (non-hydrogen) atoms. The first-order chi connectivity index (χ1) is 11.2. The van der Waals surface area contributed by atoms with Crippen molar-refractivity contribution in [2.45, 2.75) is 36.6 Å². The van der Waals surface area contributed by atoms with E-state index in [4.69, 9.17) is 11.6 Å². The van der Waals surface area contributed by atoms with Crippen molar-refractivity contribution < 1.29 is 4.39 Å². The Bertz CT molecular complexity index is 861. The molecule has 0 radical (unpaired) electrons. The third-order valence-electron chi connectivity index (χ3n) is 4.03. The highest BCUT2D eigenvalue weighted by Crippen LogP contribution is 2.39. The Morgan fingerprint density at radius 3 is 2.74 bits per heavy atom. The highest BCUT2D eigenvalue weighted by molar-refractivity contribution is 7.98. The zero-order valence-corrected chi connectivity index (χ0v) is 14.7. The Hall–Kier alpha value is -1.17. The van der Waals surface area contributed by atoms with E-state index < -0.39 is 0 Å². The van der Waals surface area contributed by atoms with Crippen LogP contribution < -0.4 is 0 Å². The molecule has 2 aromatic heterocycles. The molecule has 0 N–H and O–H groups in total. The molecule has 0 saturated heterocycles. The Kier molecular flexibility index (Phi) is 4.26. The lowest BCUT2D eigenvalue weighted by molar-refractivity contribution is 0.627. The molecule has 0 unspecified atom stereocenters. The number of hydrogen-bond donors (Lipinski definition) is 0. The van der Waals surface area contributed by atoms with Gasteiger partial charge in [-0.15, -0.1) is 11.3 Å². The normalized spacial score (nSPS) is 14.2. The molecule has 0 aliphatic heterocycles. The summed E-state index contributed by atoms with van der Waals surface area (Å²) in [6.45, 7) is 0. The van der Waals surface area contributed by atoms with Gasteiger partial charge in [0.25, 0.3) is 0 Å². The van der Waals surface area contributed by atoms with Crippen molar-refractivity contribution in [3.63, 3.8) is 0 Å². The number of hydrogen-bond acceptors (Lipinski definition) is 4. The summed E-state index contributed by atoms with van der Waals surface area (Å²) in [4.78, 5) is 11.6. The van der Waals surface area contributed by atoms with Crippen LogP contribution >= 0.6 is 34.7 Å². The molecule has 6 heteroatoms. The summed E-state index contributed by atoms with van der Waals surface area (Å²) < 4.78 is 12.9. The van der Waals surface area contributed by atoms with Crippen molar-refractivity contribution in [1.29, 1.82) is 0 Å². The van der Waals surface area contributed by atoms with Crippen molar-refractivity contribution in [1.82, 2.24) is 9.97 Å². The summed E-state index contributed by atoms with van der Waals surface area (Å²) in [6, 6.07) is 6.51. The van der Waals surface area contributed by atoms with Crippen molar-refractivity contribution in [2.24, 2.45) is 0 Å². The van der Waals surface area contributed by atoms with Crippen molar-refractivity contribution in [3.8, 4) is 0 Å². The van der Waals surface area contributed by atoms with Gasteiger partial charge in [0, 0.05) is 10.6 Å². The van der Waals surface area contributed by atoms with Gasteiger partial charge in [0.2, 0.25) is 0 Å². The van der Waals surface area contributed by atoms with E-state index in [0.717, 1.165) is 28.6 Å². The Morgan fingerprint density at radius 2 is 1.91 bits per heavy atom. The maximum Gasteiger partial charge on any atom is 0.190 e. The smallest absolute Gasteiger partial charge is 0.190 e. The molecular formula is C17H14ClFN2S2. The largest absolute Gasteiger partial charge is 0.211 e. The van der Waals surface area contributed by atoms with Gasteiger partial charge < -0.3 is 0 Å². The number of thiophene rings is 1. The number of rotatable bonds is 3. The second-order valence-corrected chi connectivity index (χ2v) is 7.99. The van der Waals surface area contributed by atoms with E-state index in [-0.39, 0.29) is 5.82 Å². The number of nitrogens with zero attached hydrogens (tertiary/aromatic N) is 2. The minimum Gasteiger partial charge on any atom is -0.211 e. The third kappa shape index (κ3) is 3.10. The standard InChI is InChI=1S/C17H14ClFN2S2/c18-15-14-12-3-1-2-4-13(12)23-16(14)21-17(20-15)22-9-10-5-7-11(19)8-6-10/h5-8H,1-4,9H2. The highest BCUT2D eigenvalue weighted by Gasteiger charge is 2.20. The number of aromatic nitrogens is 2. The van der Waals surface area contributed by atoms with Gasteiger partial charge in [-0.05, 0) is 48.9 Å². The second kappa shape index (κ2) is 6.38. The van der Waals surface area contributed by atoms with Crippen LogP contribution in [0.1, 0.15) is 28.8 Å². The summed E-state index contributed by atoms with van der Waals surface area (Å²) in [5, 5.41) is 2.30. The fourth-order valence-corrected chi connectivity index (χ4v) is 5.40. The van der Waals surface area contributed by atoms with Crippen LogP contribution in [0.15, 0.2) is 29.4 Å². The molecule has 3 aromatic rings. The van der Waals surface area contributed by atoms with Gasteiger partial charge in [0.05, 0.1) is 5.39 Å². The molecular weight excluding hydrogens is 351 g/mol. The van der Waals surface area contributed by atoms with Gasteiger partial charge in [-0.1, -0.05) is 35.5 Å². The zero-order valence-electron chi connectivity index (χ0n) is 12.3.